The molecule has 110 valence electrons. The van der Waals surface area contributed by atoms with Gasteiger partial charge in [-0.2, -0.15) is 0 Å². The second kappa shape index (κ2) is 7.41. The van der Waals surface area contributed by atoms with Crippen molar-refractivity contribution in [1.82, 2.24) is 10.2 Å². The number of hydrogen-bond donors (Lipinski definition) is 1. The van der Waals surface area contributed by atoms with Crippen LogP contribution in [0.1, 0.15) is 50.8 Å². The largest absolute Gasteiger partial charge is 0.312 e. The molecule has 1 atom stereocenters. The van der Waals surface area contributed by atoms with Gasteiger partial charge in [-0.1, -0.05) is 27.7 Å². The fourth-order valence-corrected chi connectivity index (χ4v) is 3.09. The van der Waals surface area contributed by atoms with Crippen LogP contribution >= 0.6 is 11.3 Å². The molecule has 0 saturated carbocycles. The first-order valence-electron chi connectivity index (χ1n) is 7.33. The Hall–Kier alpha value is -0.380. The molecule has 0 saturated heterocycles. The molecule has 0 bridgehead atoms. The van der Waals surface area contributed by atoms with Crippen LogP contribution in [0.15, 0.2) is 12.1 Å². The molecular weight excluding hydrogens is 252 g/mol. The highest BCUT2D eigenvalue weighted by atomic mass is 32.1. The van der Waals surface area contributed by atoms with E-state index in [0.29, 0.717) is 11.5 Å². The standard InChI is InChI=1S/C16H30N2S/c1-7-10-17-11-14-8-9-15(19-14)12-18(6)13(2)16(3,4)5/h8-9,13,17H,7,10-12H2,1-6H3. The molecule has 0 aliphatic carbocycles. The Balaban J connectivity index is 2.49. The summed E-state index contributed by atoms with van der Waals surface area (Å²) in [4.78, 5) is 5.36. The minimum absolute atomic E-state index is 0.331. The molecule has 0 radical (unpaired) electrons. The first kappa shape index (κ1) is 16.7. The summed E-state index contributed by atoms with van der Waals surface area (Å²) >= 11 is 1.94. The summed E-state index contributed by atoms with van der Waals surface area (Å²) in [6.07, 6.45) is 1.20. The van der Waals surface area contributed by atoms with E-state index in [1.807, 2.05) is 11.3 Å². The van der Waals surface area contributed by atoms with Gasteiger partial charge in [0.25, 0.3) is 0 Å². The number of nitrogens with zero attached hydrogens (tertiary/aromatic N) is 1. The van der Waals surface area contributed by atoms with Gasteiger partial charge in [0.1, 0.15) is 0 Å². The molecule has 1 N–H and O–H groups in total. The molecule has 2 nitrogen and oxygen atoms in total. The van der Waals surface area contributed by atoms with Gasteiger partial charge < -0.3 is 5.32 Å². The Labute approximate surface area is 123 Å². The maximum absolute atomic E-state index is 3.46. The van der Waals surface area contributed by atoms with E-state index in [-0.39, 0.29) is 0 Å². The van der Waals surface area contributed by atoms with Crippen LogP contribution in [0.5, 0.6) is 0 Å². The Morgan fingerprint density at radius 2 is 1.89 bits per heavy atom. The summed E-state index contributed by atoms with van der Waals surface area (Å²) < 4.78 is 0. The molecule has 19 heavy (non-hydrogen) atoms. The number of hydrogen-bond acceptors (Lipinski definition) is 3. The van der Waals surface area contributed by atoms with Crippen LogP contribution in [0.4, 0.5) is 0 Å². The molecule has 1 aromatic rings. The van der Waals surface area contributed by atoms with Gasteiger partial charge in [-0.05, 0) is 44.5 Å². The summed E-state index contributed by atoms with van der Waals surface area (Å²) in [5.74, 6) is 0. The first-order chi connectivity index (χ1) is 8.84. The van der Waals surface area contributed by atoms with Crippen molar-refractivity contribution in [3.8, 4) is 0 Å². The van der Waals surface area contributed by atoms with Crippen LogP contribution in [0.25, 0.3) is 0 Å². The highest BCUT2D eigenvalue weighted by molar-refractivity contribution is 7.11. The van der Waals surface area contributed by atoms with Crippen LogP contribution < -0.4 is 5.32 Å². The zero-order valence-corrected chi connectivity index (χ0v) is 14.2. The van der Waals surface area contributed by atoms with E-state index in [4.69, 9.17) is 0 Å². The van der Waals surface area contributed by atoms with E-state index in [1.165, 1.54) is 16.2 Å². The van der Waals surface area contributed by atoms with Crippen LogP contribution in [0.3, 0.4) is 0 Å². The summed E-state index contributed by atoms with van der Waals surface area (Å²) in [6, 6.07) is 5.12. The maximum Gasteiger partial charge on any atom is 0.0328 e. The summed E-state index contributed by atoms with van der Waals surface area (Å²) in [6.45, 7) is 14.6. The van der Waals surface area contributed by atoms with Crippen LogP contribution in [0, 0.1) is 5.41 Å². The molecular formula is C16H30N2S. The lowest BCUT2D eigenvalue weighted by molar-refractivity contribution is 0.136. The Morgan fingerprint density at radius 3 is 2.47 bits per heavy atom. The van der Waals surface area contributed by atoms with E-state index < -0.39 is 0 Å². The lowest BCUT2D eigenvalue weighted by Crippen LogP contribution is -2.38. The van der Waals surface area contributed by atoms with Gasteiger partial charge in [0.05, 0.1) is 0 Å². The van der Waals surface area contributed by atoms with Crippen LogP contribution in [0.2, 0.25) is 0 Å². The van der Waals surface area contributed by atoms with Gasteiger partial charge in [-0.25, -0.2) is 0 Å². The van der Waals surface area contributed by atoms with Crippen molar-refractivity contribution < 1.29 is 0 Å². The Kier molecular flexibility index (Phi) is 6.51. The smallest absolute Gasteiger partial charge is 0.0328 e. The van der Waals surface area contributed by atoms with Crippen molar-refractivity contribution in [3.05, 3.63) is 21.9 Å². The number of rotatable bonds is 7. The monoisotopic (exact) mass is 282 g/mol. The first-order valence-corrected chi connectivity index (χ1v) is 8.14. The Morgan fingerprint density at radius 1 is 1.26 bits per heavy atom. The van der Waals surface area contributed by atoms with Gasteiger partial charge in [0.15, 0.2) is 0 Å². The van der Waals surface area contributed by atoms with E-state index in [9.17, 15) is 0 Å². The van der Waals surface area contributed by atoms with Gasteiger partial charge in [0, 0.05) is 28.9 Å². The molecule has 1 rings (SSSR count). The lowest BCUT2D eigenvalue weighted by atomic mass is 9.87. The van der Waals surface area contributed by atoms with E-state index in [0.717, 1.165) is 19.6 Å². The van der Waals surface area contributed by atoms with E-state index >= 15 is 0 Å². The minimum atomic E-state index is 0.331. The molecule has 1 aromatic heterocycles. The van der Waals surface area contributed by atoms with Crippen molar-refractivity contribution in [2.75, 3.05) is 13.6 Å². The number of nitrogens with one attached hydrogen (secondary N) is 1. The fraction of sp³-hybridized carbons (Fsp3) is 0.750. The molecule has 0 aromatic carbocycles. The quantitative estimate of drug-likeness (QED) is 0.757. The third kappa shape index (κ3) is 5.64. The average Bonchev–Trinajstić information content (AvgIpc) is 2.75. The summed E-state index contributed by atoms with van der Waals surface area (Å²) in [5.41, 5.74) is 0.331. The van der Waals surface area contributed by atoms with Gasteiger partial charge >= 0.3 is 0 Å². The molecule has 1 unspecified atom stereocenters. The maximum atomic E-state index is 3.46. The molecule has 0 aliphatic heterocycles. The third-order valence-corrected chi connectivity index (χ3v) is 4.83. The minimum Gasteiger partial charge on any atom is -0.312 e. The van der Waals surface area contributed by atoms with Crippen molar-refractivity contribution in [2.45, 2.75) is 60.2 Å². The lowest BCUT2D eigenvalue weighted by Gasteiger charge is -2.35. The van der Waals surface area contributed by atoms with Crippen LogP contribution in [-0.2, 0) is 13.1 Å². The summed E-state index contributed by atoms with van der Waals surface area (Å²) in [5, 5.41) is 3.46. The zero-order valence-electron chi connectivity index (χ0n) is 13.4. The highest BCUT2D eigenvalue weighted by Crippen LogP contribution is 2.26. The second-order valence-electron chi connectivity index (χ2n) is 6.50. The van der Waals surface area contributed by atoms with Crippen molar-refractivity contribution in [3.63, 3.8) is 0 Å². The van der Waals surface area contributed by atoms with Crippen molar-refractivity contribution in [1.29, 1.82) is 0 Å². The topological polar surface area (TPSA) is 15.3 Å². The third-order valence-electron chi connectivity index (χ3n) is 3.76. The molecule has 0 fully saturated rings. The van der Waals surface area contributed by atoms with Gasteiger partial charge in [-0.3, -0.25) is 4.90 Å². The molecule has 0 aliphatic rings. The van der Waals surface area contributed by atoms with E-state index in [2.05, 4.69) is 64.0 Å². The fourth-order valence-electron chi connectivity index (χ4n) is 2.03. The van der Waals surface area contributed by atoms with Gasteiger partial charge in [-0.15, -0.1) is 11.3 Å². The second-order valence-corrected chi connectivity index (χ2v) is 7.75. The predicted molar refractivity (Wildman–Crippen MR) is 86.7 cm³/mol. The highest BCUT2D eigenvalue weighted by Gasteiger charge is 2.23. The van der Waals surface area contributed by atoms with Gasteiger partial charge in [0.2, 0.25) is 0 Å². The Bertz CT molecular complexity index is 365. The van der Waals surface area contributed by atoms with Crippen molar-refractivity contribution >= 4 is 11.3 Å². The van der Waals surface area contributed by atoms with Crippen LogP contribution in [-0.4, -0.2) is 24.5 Å². The normalized spacial score (nSPS) is 14.1. The number of thiophene rings is 1. The predicted octanol–water partition coefficient (Wildman–Crippen LogP) is 4.11. The molecule has 0 amide bonds. The molecule has 0 spiro atoms. The van der Waals surface area contributed by atoms with Crippen molar-refractivity contribution in [2.24, 2.45) is 5.41 Å². The van der Waals surface area contributed by atoms with E-state index in [1.54, 1.807) is 0 Å². The SMILES string of the molecule is CCCNCc1ccc(CN(C)C(C)C(C)(C)C)s1. The molecule has 1 heterocycles. The zero-order chi connectivity index (χ0) is 14.5. The molecule has 3 heteroatoms. The summed E-state index contributed by atoms with van der Waals surface area (Å²) in [7, 11) is 2.23. The average molecular weight is 282 g/mol.